The minimum Gasteiger partial charge on any atom is -0.342 e. The van der Waals surface area contributed by atoms with Gasteiger partial charge in [-0.25, -0.2) is 0 Å². The van der Waals surface area contributed by atoms with Crippen molar-refractivity contribution < 1.29 is 4.79 Å². The van der Waals surface area contributed by atoms with Gasteiger partial charge in [0.2, 0.25) is 5.91 Å². The average Bonchev–Trinajstić information content (AvgIpc) is 3.35. The summed E-state index contributed by atoms with van der Waals surface area (Å²) in [4.78, 5) is 17.1. The van der Waals surface area contributed by atoms with Crippen LogP contribution in [0.1, 0.15) is 51.2 Å². The maximum atomic E-state index is 12.4. The maximum Gasteiger partial charge on any atom is 0.225 e. The first-order valence-electron chi connectivity index (χ1n) is 10.8. The summed E-state index contributed by atoms with van der Waals surface area (Å²) in [7, 11) is 0. The summed E-state index contributed by atoms with van der Waals surface area (Å²) in [6.07, 6.45) is 7.40. The van der Waals surface area contributed by atoms with Gasteiger partial charge in [-0.05, 0) is 61.8 Å². The first kappa shape index (κ1) is 18.7. The molecule has 2 aliphatic heterocycles. The van der Waals surface area contributed by atoms with Crippen LogP contribution in [-0.2, 0) is 11.2 Å². The summed E-state index contributed by atoms with van der Waals surface area (Å²) in [5.41, 5.74) is 4.27. The molecule has 3 aliphatic rings. The highest BCUT2D eigenvalue weighted by atomic mass is 16.2. The third kappa shape index (κ3) is 3.85. The van der Waals surface area contributed by atoms with Crippen LogP contribution in [0.3, 0.4) is 0 Å². The number of carbonyl (C=O) groups is 1. The van der Waals surface area contributed by atoms with Crippen LogP contribution in [0.2, 0.25) is 0 Å². The van der Waals surface area contributed by atoms with Crippen LogP contribution in [0, 0.1) is 17.8 Å². The molecule has 3 heteroatoms. The minimum absolute atomic E-state index is 0.105. The van der Waals surface area contributed by atoms with Crippen molar-refractivity contribution in [2.45, 2.75) is 52.5 Å². The van der Waals surface area contributed by atoms with Crippen molar-refractivity contribution in [2.75, 3.05) is 26.2 Å². The number of fused-ring (bicyclic) bond motifs is 1. The lowest BCUT2D eigenvalue weighted by Crippen LogP contribution is -2.32. The van der Waals surface area contributed by atoms with Crippen molar-refractivity contribution >= 4 is 11.5 Å². The first-order valence-corrected chi connectivity index (χ1v) is 10.8. The maximum absolute atomic E-state index is 12.4. The number of hydrogen-bond acceptors (Lipinski definition) is 2. The Labute approximate surface area is 164 Å². The third-order valence-electron chi connectivity index (χ3n) is 6.95. The largest absolute Gasteiger partial charge is 0.342 e. The van der Waals surface area contributed by atoms with Crippen LogP contribution < -0.4 is 0 Å². The molecule has 1 aliphatic carbocycles. The van der Waals surface area contributed by atoms with Crippen molar-refractivity contribution in [3.05, 3.63) is 41.5 Å². The lowest BCUT2D eigenvalue weighted by atomic mass is 9.90. The Morgan fingerprint density at radius 2 is 1.96 bits per heavy atom. The topological polar surface area (TPSA) is 23.6 Å². The van der Waals surface area contributed by atoms with E-state index in [4.69, 9.17) is 0 Å². The Balaban J connectivity index is 1.37. The highest BCUT2D eigenvalue weighted by molar-refractivity contribution is 5.80. The summed E-state index contributed by atoms with van der Waals surface area (Å²) >= 11 is 0. The van der Waals surface area contributed by atoms with Crippen molar-refractivity contribution in [2.24, 2.45) is 17.8 Å². The molecule has 0 saturated carbocycles. The molecular weight excluding hydrogens is 332 g/mol. The zero-order chi connectivity index (χ0) is 19.0. The molecule has 3 atom stereocenters. The smallest absolute Gasteiger partial charge is 0.225 e. The summed E-state index contributed by atoms with van der Waals surface area (Å²) in [5, 5.41) is 0. The molecular formula is C24H34N2O. The Morgan fingerprint density at radius 3 is 2.63 bits per heavy atom. The molecule has 0 N–H and O–H groups in total. The standard InChI is InChI=1S/C24H34N2O/c1-17(2)24(27)26-15-21-10-11-22(23(21)16-26)20-8-6-19(7-9-20)12-14-25-13-4-5-18(25)3/h6-9,11,17-18,21,23H,4-5,10,12-16H2,1-3H3/t18-,21+,23-/m1/s1. The van der Waals surface area contributed by atoms with Gasteiger partial charge in [0.05, 0.1) is 0 Å². The number of carbonyl (C=O) groups excluding carboxylic acids is 1. The summed E-state index contributed by atoms with van der Waals surface area (Å²) in [6.45, 7) is 10.7. The third-order valence-corrected chi connectivity index (χ3v) is 6.95. The van der Waals surface area contributed by atoms with Gasteiger partial charge in [-0.2, -0.15) is 0 Å². The van der Waals surface area contributed by atoms with Crippen molar-refractivity contribution in [1.29, 1.82) is 0 Å². The Hall–Kier alpha value is -1.61. The van der Waals surface area contributed by atoms with Crippen molar-refractivity contribution in [3.63, 3.8) is 0 Å². The number of amides is 1. The number of hydrogen-bond donors (Lipinski definition) is 0. The summed E-state index contributed by atoms with van der Waals surface area (Å²) in [6, 6.07) is 10.0. The molecule has 3 nitrogen and oxygen atoms in total. The number of rotatable bonds is 5. The Bertz CT molecular complexity index is 706. The fourth-order valence-corrected chi connectivity index (χ4v) is 5.23. The van der Waals surface area contributed by atoms with E-state index in [1.165, 1.54) is 42.6 Å². The fraction of sp³-hybridized carbons (Fsp3) is 0.625. The highest BCUT2D eigenvalue weighted by Crippen LogP contribution is 2.43. The van der Waals surface area contributed by atoms with Crippen LogP contribution in [0.15, 0.2) is 30.3 Å². The lowest BCUT2D eigenvalue weighted by Gasteiger charge is -2.21. The zero-order valence-corrected chi connectivity index (χ0v) is 17.2. The molecule has 2 fully saturated rings. The number of likely N-dealkylation sites (tertiary alicyclic amines) is 2. The average molecular weight is 367 g/mol. The van der Waals surface area contributed by atoms with E-state index in [2.05, 4.69) is 47.1 Å². The van der Waals surface area contributed by atoms with E-state index >= 15 is 0 Å². The van der Waals surface area contributed by atoms with Gasteiger partial charge in [0.1, 0.15) is 0 Å². The molecule has 0 radical (unpaired) electrons. The molecule has 1 amide bonds. The number of benzene rings is 1. The SMILES string of the molecule is CC(C)C(=O)N1C[C@@H]2CC=C(c3ccc(CCN4CCC[C@H]4C)cc3)[C@@H]2C1. The van der Waals surface area contributed by atoms with Gasteiger partial charge in [0.15, 0.2) is 0 Å². The van der Waals surface area contributed by atoms with Gasteiger partial charge in [-0.3, -0.25) is 4.79 Å². The molecule has 0 aromatic heterocycles. The van der Waals surface area contributed by atoms with E-state index in [1.54, 1.807) is 0 Å². The normalized spacial score (nSPS) is 28.1. The second-order valence-corrected chi connectivity index (χ2v) is 9.13. The van der Waals surface area contributed by atoms with Crippen LogP contribution in [0.5, 0.6) is 0 Å². The van der Waals surface area contributed by atoms with Crippen molar-refractivity contribution in [3.8, 4) is 0 Å². The van der Waals surface area contributed by atoms with Gasteiger partial charge < -0.3 is 9.80 Å². The van der Waals surface area contributed by atoms with E-state index < -0.39 is 0 Å². The monoisotopic (exact) mass is 366 g/mol. The molecule has 0 spiro atoms. The predicted molar refractivity (Wildman–Crippen MR) is 111 cm³/mol. The van der Waals surface area contributed by atoms with E-state index in [1.807, 2.05) is 13.8 Å². The Morgan fingerprint density at radius 1 is 1.19 bits per heavy atom. The van der Waals surface area contributed by atoms with Crippen LogP contribution in [-0.4, -0.2) is 47.9 Å². The molecule has 27 heavy (non-hydrogen) atoms. The minimum atomic E-state index is 0.105. The van der Waals surface area contributed by atoms with E-state index in [-0.39, 0.29) is 5.92 Å². The lowest BCUT2D eigenvalue weighted by molar-refractivity contribution is -0.133. The van der Waals surface area contributed by atoms with Gasteiger partial charge >= 0.3 is 0 Å². The zero-order valence-electron chi connectivity index (χ0n) is 17.2. The molecule has 0 bridgehead atoms. The predicted octanol–water partition coefficient (Wildman–Crippen LogP) is 4.23. The van der Waals surface area contributed by atoms with Crippen molar-refractivity contribution in [1.82, 2.24) is 9.80 Å². The summed E-state index contributed by atoms with van der Waals surface area (Å²) < 4.78 is 0. The van der Waals surface area contributed by atoms with Crippen LogP contribution in [0.25, 0.3) is 5.57 Å². The van der Waals surface area contributed by atoms with Gasteiger partial charge in [0.25, 0.3) is 0 Å². The van der Waals surface area contributed by atoms with E-state index in [0.29, 0.717) is 17.7 Å². The first-order chi connectivity index (χ1) is 13.0. The second kappa shape index (κ2) is 7.79. The molecule has 146 valence electrons. The Kier molecular flexibility index (Phi) is 5.41. The fourth-order valence-electron chi connectivity index (χ4n) is 5.23. The number of allylic oxidation sites excluding steroid dienone is 1. The molecule has 4 rings (SSSR count). The van der Waals surface area contributed by atoms with E-state index in [0.717, 1.165) is 32.0 Å². The quantitative estimate of drug-likeness (QED) is 0.778. The highest BCUT2D eigenvalue weighted by Gasteiger charge is 2.40. The molecule has 1 aromatic carbocycles. The van der Waals surface area contributed by atoms with Gasteiger partial charge in [-0.15, -0.1) is 0 Å². The second-order valence-electron chi connectivity index (χ2n) is 9.13. The number of nitrogens with zero attached hydrogens (tertiary/aromatic N) is 2. The van der Waals surface area contributed by atoms with E-state index in [9.17, 15) is 4.79 Å². The molecule has 2 saturated heterocycles. The molecule has 1 aromatic rings. The van der Waals surface area contributed by atoms with Crippen LogP contribution in [0.4, 0.5) is 0 Å². The summed E-state index contributed by atoms with van der Waals surface area (Å²) in [5.74, 6) is 1.58. The molecule has 0 unspecified atom stereocenters. The molecule has 2 heterocycles. The van der Waals surface area contributed by atoms with Crippen LogP contribution >= 0.6 is 0 Å². The van der Waals surface area contributed by atoms with Gasteiger partial charge in [0, 0.05) is 37.5 Å². The van der Waals surface area contributed by atoms with Gasteiger partial charge in [-0.1, -0.05) is 44.2 Å².